The number of aliphatic hydroxyl groups excluding tert-OH is 1. The third kappa shape index (κ3) is 5.39. The predicted molar refractivity (Wildman–Crippen MR) is 66.9 cm³/mol. The minimum Gasteiger partial charge on any atom is -0.444 e. The maximum atomic E-state index is 11.9. The molecule has 4 nitrogen and oxygen atoms in total. The van der Waals surface area contributed by atoms with Gasteiger partial charge in [-0.15, -0.1) is 0 Å². The SMILES string of the molecule is CC(C)(C)OC(=O)N1CCCC(CO)CCC1. The average molecular weight is 243 g/mol. The van der Waals surface area contributed by atoms with Gasteiger partial charge < -0.3 is 14.7 Å². The summed E-state index contributed by atoms with van der Waals surface area (Å²) in [5.41, 5.74) is -0.424. The molecule has 0 unspecified atom stereocenters. The molecule has 0 spiro atoms. The summed E-state index contributed by atoms with van der Waals surface area (Å²) < 4.78 is 5.36. The van der Waals surface area contributed by atoms with Gasteiger partial charge in [0.15, 0.2) is 0 Å². The van der Waals surface area contributed by atoms with Crippen LogP contribution in [0.5, 0.6) is 0 Å². The molecule has 0 bridgehead atoms. The van der Waals surface area contributed by atoms with E-state index in [4.69, 9.17) is 9.84 Å². The molecule has 0 saturated carbocycles. The number of hydrogen-bond acceptors (Lipinski definition) is 3. The number of ether oxygens (including phenoxy) is 1. The van der Waals surface area contributed by atoms with Crippen LogP contribution in [0.2, 0.25) is 0 Å². The normalized spacial score (nSPS) is 19.6. The standard InChI is InChI=1S/C13H25NO3/c1-13(2,3)17-12(16)14-8-4-6-11(10-15)7-5-9-14/h11,15H,4-10H2,1-3H3. The van der Waals surface area contributed by atoms with Crippen molar-refractivity contribution in [3.63, 3.8) is 0 Å². The van der Waals surface area contributed by atoms with E-state index in [0.717, 1.165) is 38.8 Å². The quantitative estimate of drug-likeness (QED) is 0.769. The first kappa shape index (κ1) is 14.3. The molecule has 1 aliphatic heterocycles. The monoisotopic (exact) mass is 243 g/mol. The molecule has 0 radical (unpaired) electrons. The van der Waals surface area contributed by atoms with Gasteiger partial charge in [-0.1, -0.05) is 0 Å². The second-order valence-corrected chi connectivity index (χ2v) is 5.80. The zero-order valence-electron chi connectivity index (χ0n) is 11.2. The van der Waals surface area contributed by atoms with E-state index in [-0.39, 0.29) is 12.7 Å². The Morgan fingerprint density at radius 1 is 1.29 bits per heavy atom. The molecule has 1 N–H and O–H groups in total. The zero-order chi connectivity index (χ0) is 12.9. The number of carbonyl (C=O) groups excluding carboxylic acids is 1. The van der Waals surface area contributed by atoms with Crippen molar-refractivity contribution < 1.29 is 14.6 Å². The number of carbonyl (C=O) groups is 1. The van der Waals surface area contributed by atoms with E-state index in [1.807, 2.05) is 20.8 Å². The van der Waals surface area contributed by atoms with E-state index in [9.17, 15) is 4.79 Å². The largest absolute Gasteiger partial charge is 0.444 e. The number of likely N-dealkylation sites (tertiary alicyclic amines) is 1. The molecular weight excluding hydrogens is 218 g/mol. The summed E-state index contributed by atoms with van der Waals surface area (Å²) in [4.78, 5) is 13.7. The van der Waals surface area contributed by atoms with Crippen LogP contribution in [0.25, 0.3) is 0 Å². The molecule has 17 heavy (non-hydrogen) atoms. The lowest BCUT2D eigenvalue weighted by molar-refractivity contribution is 0.0222. The highest BCUT2D eigenvalue weighted by molar-refractivity contribution is 5.68. The molecule has 100 valence electrons. The summed E-state index contributed by atoms with van der Waals surface area (Å²) in [6.07, 6.45) is 3.68. The predicted octanol–water partition coefficient (Wildman–Crippen LogP) is 2.41. The topological polar surface area (TPSA) is 49.8 Å². The van der Waals surface area contributed by atoms with Gasteiger partial charge in [-0.25, -0.2) is 4.79 Å². The molecule has 0 aromatic rings. The second-order valence-electron chi connectivity index (χ2n) is 5.80. The van der Waals surface area contributed by atoms with Gasteiger partial charge in [-0.2, -0.15) is 0 Å². The summed E-state index contributed by atoms with van der Waals surface area (Å²) in [5, 5.41) is 9.13. The van der Waals surface area contributed by atoms with Gasteiger partial charge in [0.1, 0.15) is 5.60 Å². The van der Waals surface area contributed by atoms with Gasteiger partial charge in [0.25, 0.3) is 0 Å². The van der Waals surface area contributed by atoms with E-state index in [1.54, 1.807) is 4.90 Å². The molecule has 1 heterocycles. The maximum absolute atomic E-state index is 11.9. The van der Waals surface area contributed by atoms with Crippen molar-refractivity contribution in [1.82, 2.24) is 4.90 Å². The Morgan fingerprint density at radius 2 is 1.82 bits per heavy atom. The molecule has 1 rings (SSSR count). The lowest BCUT2D eigenvalue weighted by Crippen LogP contribution is -2.39. The van der Waals surface area contributed by atoms with Crippen LogP contribution in [-0.2, 0) is 4.74 Å². The second kappa shape index (κ2) is 6.24. The Bertz CT molecular complexity index is 238. The van der Waals surface area contributed by atoms with Gasteiger partial charge >= 0.3 is 6.09 Å². The van der Waals surface area contributed by atoms with E-state index in [1.165, 1.54) is 0 Å². The maximum Gasteiger partial charge on any atom is 0.410 e. The summed E-state index contributed by atoms with van der Waals surface area (Å²) in [6.45, 7) is 7.41. The molecule has 0 aromatic carbocycles. The van der Waals surface area contributed by atoms with Crippen molar-refractivity contribution >= 4 is 6.09 Å². The van der Waals surface area contributed by atoms with Gasteiger partial charge in [0, 0.05) is 19.7 Å². The first-order valence-corrected chi connectivity index (χ1v) is 6.51. The van der Waals surface area contributed by atoms with Crippen LogP contribution in [-0.4, -0.2) is 41.4 Å². The summed E-state index contributed by atoms with van der Waals surface area (Å²) in [5.74, 6) is 0.413. The highest BCUT2D eigenvalue weighted by Gasteiger charge is 2.23. The van der Waals surface area contributed by atoms with Gasteiger partial charge in [0.05, 0.1) is 0 Å². The van der Waals surface area contributed by atoms with Crippen LogP contribution < -0.4 is 0 Å². The number of aliphatic hydroxyl groups is 1. The molecule has 1 fully saturated rings. The van der Waals surface area contributed by atoms with Crippen LogP contribution >= 0.6 is 0 Å². The molecule has 1 amide bonds. The number of hydrogen-bond donors (Lipinski definition) is 1. The van der Waals surface area contributed by atoms with Gasteiger partial charge in [-0.05, 0) is 52.4 Å². The van der Waals surface area contributed by atoms with Crippen LogP contribution in [0, 0.1) is 5.92 Å². The van der Waals surface area contributed by atoms with Crippen LogP contribution in [0.15, 0.2) is 0 Å². The zero-order valence-corrected chi connectivity index (χ0v) is 11.2. The fraction of sp³-hybridized carbons (Fsp3) is 0.923. The minimum atomic E-state index is -0.424. The summed E-state index contributed by atoms with van der Waals surface area (Å²) in [6, 6.07) is 0. The van der Waals surface area contributed by atoms with Crippen molar-refractivity contribution in [3.05, 3.63) is 0 Å². The molecule has 0 aliphatic carbocycles. The molecule has 4 heteroatoms. The fourth-order valence-corrected chi connectivity index (χ4v) is 2.09. The molecule has 1 aliphatic rings. The highest BCUT2D eigenvalue weighted by Crippen LogP contribution is 2.19. The first-order chi connectivity index (χ1) is 7.92. The number of nitrogens with zero attached hydrogens (tertiary/aromatic N) is 1. The number of amides is 1. The molecule has 0 aromatic heterocycles. The Hall–Kier alpha value is -0.770. The van der Waals surface area contributed by atoms with Crippen molar-refractivity contribution in [1.29, 1.82) is 0 Å². The Labute approximate surface area is 104 Å². The molecular formula is C13H25NO3. The van der Waals surface area contributed by atoms with Crippen LogP contribution in [0.3, 0.4) is 0 Å². The Balaban J connectivity index is 2.42. The van der Waals surface area contributed by atoms with Crippen molar-refractivity contribution in [2.75, 3.05) is 19.7 Å². The van der Waals surface area contributed by atoms with Crippen molar-refractivity contribution in [2.24, 2.45) is 5.92 Å². The summed E-state index contributed by atoms with van der Waals surface area (Å²) >= 11 is 0. The summed E-state index contributed by atoms with van der Waals surface area (Å²) in [7, 11) is 0. The van der Waals surface area contributed by atoms with Crippen molar-refractivity contribution in [3.8, 4) is 0 Å². The van der Waals surface area contributed by atoms with E-state index in [0.29, 0.717) is 5.92 Å². The third-order valence-electron chi connectivity index (χ3n) is 2.99. The van der Waals surface area contributed by atoms with Crippen LogP contribution in [0.1, 0.15) is 46.5 Å². The van der Waals surface area contributed by atoms with E-state index < -0.39 is 5.60 Å². The lowest BCUT2D eigenvalue weighted by Gasteiger charge is -2.30. The van der Waals surface area contributed by atoms with Crippen molar-refractivity contribution in [2.45, 2.75) is 52.1 Å². The third-order valence-corrected chi connectivity index (χ3v) is 2.99. The smallest absolute Gasteiger partial charge is 0.410 e. The van der Waals surface area contributed by atoms with Gasteiger partial charge in [0.2, 0.25) is 0 Å². The minimum absolute atomic E-state index is 0.208. The Morgan fingerprint density at radius 3 is 2.24 bits per heavy atom. The van der Waals surface area contributed by atoms with E-state index in [2.05, 4.69) is 0 Å². The van der Waals surface area contributed by atoms with Gasteiger partial charge in [-0.3, -0.25) is 0 Å². The average Bonchev–Trinajstić information content (AvgIpc) is 2.14. The van der Waals surface area contributed by atoms with E-state index >= 15 is 0 Å². The molecule has 1 saturated heterocycles. The fourth-order valence-electron chi connectivity index (χ4n) is 2.09. The first-order valence-electron chi connectivity index (χ1n) is 6.51. The highest BCUT2D eigenvalue weighted by atomic mass is 16.6. The number of rotatable bonds is 1. The lowest BCUT2D eigenvalue weighted by atomic mass is 9.96. The molecule has 0 atom stereocenters. The Kier molecular flexibility index (Phi) is 5.25. The van der Waals surface area contributed by atoms with Crippen LogP contribution in [0.4, 0.5) is 4.79 Å².